The summed E-state index contributed by atoms with van der Waals surface area (Å²) in [7, 11) is -10.7. The molecule has 0 rings (SSSR count). The van der Waals surface area contributed by atoms with Crippen molar-refractivity contribution in [1.29, 1.82) is 0 Å². The molecule has 0 saturated heterocycles. The van der Waals surface area contributed by atoms with Crippen molar-refractivity contribution in [2.45, 2.75) is 102 Å². The van der Waals surface area contributed by atoms with Gasteiger partial charge in [0, 0.05) is 0 Å². The molecule has 0 spiro atoms. The molecule has 30 heavy (non-hydrogen) atoms. The van der Waals surface area contributed by atoms with E-state index in [1.165, 1.54) is 0 Å². The van der Waals surface area contributed by atoms with Crippen molar-refractivity contribution in [2.75, 3.05) is 0 Å². The van der Waals surface area contributed by atoms with Gasteiger partial charge in [0.25, 0.3) is 3.92 Å². The Hall–Kier alpha value is 2.51. The summed E-state index contributed by atoms with van der Waals surface area (Å²) in [6.07, 6.45) is 0. The van der Waals surface area contributed by atoms with Crippen LogP contribution >= 0.6 is 53.6 Å². The Morgan fingerprint density at radius 3 is 0.933 bits per heavy atom. The second-order valence-corrected chi connectivity index (χ2v) is 42.2. The SMILES string of the molecule is C[Si](C)(C)N(N([Si](C)(C)C)[Si](C)(C)C)P(Cl)N(N([Si](C)(C)C)[Si](C)(C)C)C(Cl)(Cl)Cl. The van der Waals surface area contributed by atoms with E-state index < -0.39 is 52.7 Å². The molecule has 0 aromatic rings. The topological polar surface area (TPSA) is 13.0 Å². The predicted octanol–water partition coefficient (Wildman–Crippen LogP) is 8.99. The van der Waals surface area contributed by atoms with Gasteiger partial charge in [0.2, 0.25) is 0 Å². The number of hydrogen-bond donors (Lipinski definition) is 0. The van der Waals surface area contributed by atoms with Crippen LogP contribution in [-0.4, -0.2) is 63.0 Å². The molecular weight excluding hydrogens is 561 g/mol. The first-order chi connectivity index (χ1) is 12.6. The molecule has 0 radical (unpaired) electrons. The molecule has 0 heterocycles. The molecule has 0 aliphatic rings. The van der Waals surface area contributed by atoms with Crippen molar-refractivity contribution in [3.63, 3.8) is 0 Å². The summed E-state index contributed by atoms with van der Waals surface area (Å²) in [5.74, 6) is 0. The molecule has 0 bridgehead atoms. The highest BCUT2D eigenvalue weighted by Gasteiger charge is 2.55. The van der Waals surface area contributed by atoms with Crippen LogP contribution in [-0.2, 0) is 0 Å². The molecule has 0 N–H and O–H groups in total. The highest BCUT2D eigenvalue weighted by molar-refractivity contribution is 7.81. The minimum absolute atomic E-state index is 1.42. The monoisotopic (exact) mass is 604 g/mol. The smallest absolute Gasteiger partial charge is 0.264 e. The fraction of sp³-hybridized carbons (Fsp3) is 1.00. The molecule has 0 amide bonds. The van der Waals surface area contributed by atoms with Crippen LogP contribution in [0.5, 0.6) is 0 Å². The van der Waals surface area contributed by atoms with Crippen LogP contribution in [0.2, 0.25) is 98.2 Å². The Kier molecular flexibility index (Phi) is 11.1. The van der Waals surface area contributed by atoms with Crippen LogP contribution in [0.15, 0.2) is 0 Å². The zero-order valence-electron chi connectivity index (χ0n) is 21.7. The van der Waals surface area contributed by atoms with E-state index in [2.05, 4.69) is 111 Å². The molecule has 0 aliphatic heterocycles. The lowest BCUT2D eigenvalue weighted by Crippen LogP contribution is -2.73. The first kappa shape index (κ1) is 32.5. The van der Waals surface area contributed by atoms with Crippen molar-refractivity contribution in [2.24, 2.45) is 0 Å². The first-order valence-corrected chi connectivity index (χ1v) is 30.9. The Bertz CT molecular complexity index is 499. The molecule has 4 nitrogen and oxygen atoms in total. The van der Waals surface area contributed by atoms with Gasteiger partial charge in [-0.3, -0.25) is 8.68 Å². The zero-order valence-corrected chi connectivity index (χ0v) is 30.7. The molecule has 14 heteroatoms. The molecule has 0 fully saturated rings. The van der Waals surface area contributed by atoms with Crippen molar-refractivity contribution in [1.82, 2.24) is 17.9 Å². The number of halogens is 4. The quantitative estimate of drug-likeness (QED) is 0.0854. The maximum absolute atomic E-state index is 7.50. The van der Waals surface area contributed by atoms with Crippen LogP contribution in [0.25, 0.3) is 0 Å². The summed E-state index contributed by atoms with van der Waals surface area (Å²) in [4.78, 5) is 0. The molecule has 1 unspecified atom stereocenters. The Balaban J connectivity index is 7.02. The fourth-order valence-electron chi connectivity index (χ4n) is 4.13. The van der Waals surface area contributed by atoms with Gasteiger partial charge >= 0.3 is 0 Å². The second-order valence-electron chi connectivity index (χ2n) is 12.8. The number of hydrogen-bond acceptors (Lipinski definition) is 4. The normalized spacial score (nSPS) is 16.9. The van der Waals surface area contributed by atoms with Gasteiger partial charge in [0.15, 0.2) is 7.58 Å². The second kappa shape index (κ2) is 10.2. The average molecular weight is 607 g/mol. The third-order valence-electron chi connectivity index (χ3n) is 4.06. The summed E-state index contributed by atoms with van der Waals surface area (Å²) in [6, 6.07) is 0. The first-order valence-electron chi connectivity index (χ1n) is 10.4. The van der Waals surface area contributed by atoms with Gasteiger partial charge in [-0.05, 0) is 0 Å². The lowest BCUT2D eigenvalue weighted by atomic mass is 11.4. The lowest BCUT2D eigenvalue weighted by molar-refractivity contribution is 0.233. The predicted molar refractivity (Wildman–Crippen MR) is 157 cm³/mol. The number of hydrazine groups is 2. The van der Waals surface area contributed by atoms with Crippen molar-refractivity contribution in [3.8, 4) is 0 Å². The van der Waals surface area contributed by atoms with E-state index in [9.17, 15) is 0 Å². The van der Waals surface area contributed by atoms with Gasteiger partial charge in [0.05, 0.1) is 0 Å². The maximum Gasteiger partial charge on any atom is 0.264 e. The van der Waals surface area contributed by atoms with E-state index in [0.717, 1.165) is 0 Å². The summed E-state index contributed by atoms with van der Waals surface area (Å²) >= 11 is 27.6. The summed E-state index contributed by atoms with van der Waals surface area (Å²) in [5.41, 5.74) is 0. The minimum Gasteiger partial charge on any atom is -0.285 e. The Morgan fingerprint density at radius 1 is 0.500 bits per heavy atom. The van der Waals surface area contributed by atoms with Gasteiger partial charge in [-0.15, -0.1) is 0 Å². The van der Waals surface area contributed by atoms with Crippen molar-refractivity contribution < 1.29 is 0 Å². The highest BCUT2D eigenvalue weighted by atomic mass is 35.7. The number of nitrogens with zero attached hydrogens (tertiary/aromatic N) is 4. The van der Waals surface area contributed by atoms with Crippen LogP contribution < -0.4 is 0 Å². The molecule has 182 valence electrons. The summed E-state index contributed by atoms with van der Waals surface area (Å²) < 4.78 is 7.99. The van der Waals surface area contributed by atoms with Crippen molar-refractivity contribution in [3.05, 3.63) is 0 Å². The van der Waals surface area contributed by atoms with Crippen LogP contribution in [0.1, 0.15) is 0 Å². The lowest BCUT2D eigenvalue weighted by Gasteiger charge is -2.61. The van der Waals surface area contributed by atoms with E-state index >= 15 is 0 Å². The van der Waals surface area contributed by atoms with E-state index in [-0.39, 0.29) is 0 Å². The van der Waals surface area contributed by atoms with E-state index in [4.69, 9.17) is 46.0 Å². The number of rotatable bonds is 9. The molecule has 1 atom stereocenters. The zero-order chi connectivity index (χ0) is 24.9. The van der Waals surface area contributed by atoms with E-state index in [1.54, 1.807) is 0 Å². The van der Waals surface area contributed by atoms with Gasteiger partial charge < -0.3 is 0 Å². The van der Waals surface area contributed by atoms with Crippen LogP contribution in [0, 0.1) is 0 Å². The molecule has 0 aliphatic carbocycles. The molecule has 0 aromatic carbocycles. The largest absolute Gasteiger partial charge is 0.285 e. The summed E-state index contributed by atoms with van der Waals surface area (Å²) in [5, 5.41) is 0. The van der Waals surface area contributed by atoms with Gasteiger partial charge in [-0.25, -0.2) is 4.44 Å². The van der Waals surface area contributed by atoms with Gasteiger partial charge in [0.1, 0.15) is 41.2 Å². The number of alkyl halides is 3. The van der Waals surface area contributed by atoms with Crippen LogP contribution in [0.4, 0.5) is 0 Å². The molecule has 0 saturated carbocycles. The minimum atomic E-state index is -1.93. The third kappa shape index (κ3) is 8.94. The van der Waals surface area contributed by atoms with Gasteiger partial charge in [-0.1, -0.05) is 144 Å². The average Bonchev–Trinajstić information content (AvgIpc) is 2.32. The Morgan fingerprint density at radius 2 is 0.767 bits per heavy atom. The Labute approximate surface area is 213 Å². The third-order valence-corrected chi connectivity index (χ3v) is 26.2. The fourth-order valence-corrected chi connectivity index (χ4v) is 39.2. The molecule has 0 aromatic heterocycles. The van der Waals surface area contributed by atoms with Crippen molar-refractivity contribution >= 4 is 94.8 Å². The van der Waals surface area contributed by atoms with Crippen LogP contribution in [0.3, 0.4) is 0 Å². The van der Waals surface area contributed by atoms with E-state index in [1.807, 2.05) is 4.78 Å². The molecular formula is C16H45Cl4N4PSi5. The maximum atomic E-state index is 7.50. The standard InChI is InChI=1S/C16H45Cl4N4PSi5/c1-26(2,3)22(24(29(10,11)12)30(13,14)15)25(20)21(16(17,18)19)23(27(4,5)6)28(7,8)9/h1-15H3. The van der Waals surface area contributed by atoms with Gasteiger partial charge in [-0.2, -0.15) is 4.78 Å². The highest BCUT2D eigenvalue weighted by Crippen LogP contribution is 2.61. The summed E-state index contributed by atoms with van der Waals surface area (Å²) in [6.45, 7) is 35.3. The van der Waals surface area contributed by atoms with E-state index in [0.29, 0.717) is 0 Å².